The van der Waals surface area contributed by atoms with Crippen LogP contribution < -0.4 is 0 Å². The zero-order chi connectivity index (χ0) is 13.8. The third-order valence-corrected chi connectivity index (χ3v) is 5.89. The molecule has 4 heteroatoms. The normalized spacial score (nSPS) is 38.3. The minimum Gasteiger partial charge on any atom is -0.442 e. The molecular formula is C15H24N2O2. The second-order valence-corrected chi connectivity index (χ2v) is 6.67. The lowest BCUT2D eigenvalue weighted by atomic mass is 9.75. The Morgan fingerprint density at radius 1 is 1.42 bits per heavy atom. The highest BCUT2D eigenvalue weighted by atomic mass is 16.6. The zero-order valence-corrected chi connectivity index (χ0v) is 12.4. The van der Waals surface area contributed by atoms with Crippen molar-refractivity contribution in [3.05, 3.63) is 0 Å². The summed E-state index contributed by atoms with van der Waals surface area (Å²) in [5.41, 5.74) is 1.00. The summed E-state index contributed by atoms with van der Waals surface area (Å²) < 4.78 is 5.63. The highest BCUT2D eigenvalue weighted by Gasteiger charge is 2.73. The van der Waals surface area contributed by atoms with E-state index in [0.717, 1.165) is 31.4 Å². The summed E-state index contributed by atoms with van der Waals surface area (Å²) in [7, 11) is 0. The summed E-state index contributed by atoms with van der Waals surface area (Å²) >= 11 is 0. The SMILES string of the molecule is CCC(CC)=NN1C(=O)O[C@@H]2C[C@H]3CC[C@]21C3(C)C. The number of fused-ring (bicyclic) bond motifs is 1. The first-order valence-corrected chi connectivity index (χ1v) is 7.54. The van der Waals surface area contributed by atoms with E-state index in [4.69, 9.17) is 4.74 Å². The van der Waals surface area contributed by atoms with Gasteiger partial charge in [-0.05, 0) is 43.4 Å². The molecule has 1 heterocycles. The maximum Gasteiger partial charge on any atom is 0.431 e. The van der Waals surface area contributed by atoms with Crippen molar-refractivity contribution in [3.63, 3.8) is 0 Å². The van der Waals surface area contributed by atoms with Crippen molar-refractivity contribution >= 4 is 11.8 Å². The Hall–Kier alpha value is -1.06. The lowest BCUT2D eigenvalue weighted by Crippen LogP contribution is -2.53. The van der Waals surface area contributed by atoms with E-state index in [2.05, 4.69) is 32.8 Å². The van der Waals surface area contributed by atoms with E-state index in [0.29, 0.717) is 5.92 Å². The first-order valence-electron chi connectivity index (χ1n) is 7.54. The third-order valence-electron chi connectivity index (χ3n) is 5.89. The molecule has 1 spiro atoms. The molecule has 0 radical (unpaired) electrons. The average Bonchev–Trinajstić information content (AvgIpc) is 2.88. The Morgan fingerprint density at radius 3 is 2.68 bits per heavy atom. The average molecular weight is 264 g/mol. The summed E-state index contributed by atoms with van der Waals surface area (Å²) in [5.74, 6) is 0.662. The van der Waals surface area contributed by atoms with E-state index < -0.39 is 0 Å². The predicted octanol–water partition coefficient (Wildman–Crippen LogP) is 3.56. The Labute approximate surface area is 115 Å². The quantitative estimate of drug-likeness (QED) is 0.731. The van der Waals surface area contributed by atoms with Gasteiger partial charge in [-0.3, -0.25) is 0 Å². The van der Waals surface area contributed by atoms with Crippen LogP contribution >= 0.6 is 0 Å². The molecule has 0 aromatic heterocycles. The summed E-state index contributed by atoms with van der Waals surface area (Å²) in [6.07, 6.45) is 4.84. The van der Waals surface area contributed by atoms with Crippen LogP contribution in [0.15, 0.2) is 5.10 Å². The molecule has 3 aliphatic rings. The van der Waals surface area contributed by atoms with Crippen LogP contribution in [0.4, 0.5) is 4.79 Å². The molecule has 2 saturated carbocycles. The summed E-state index contributed by atoms with van der Waals surface area (Å²) in [6.45, 7) is 8.76. The number of carbonyl (C=O) groups is 1. The van der Waals surface area contributed by atoms with E-state index >= 15 is 0 Å². The molecule has 0 aromatic carbocycles. The van der Waals surface area contributed by atoms with Crippen LogP contribution in [0.25, 0.3) is 0 Å². The van der Waals surface area contributed by atoms with Gasteiger partial charge in [0.2, 0.25) is 0 Å². The Kier molecular flexibility index (Phi) is 2.70. The number of nitrogens with zero attached hydrogens (tertiary/aromatic N) is 2. The number of carbonyl (C=O) groups excluding carboxylic acids is 1. The van der Waals surface area contributed by atoms with Gasteiger partial charge in [-0.15, -0.1) is 0 Å². The molecule has 3 fully saturated rings. The number of amides is 1. The molecule has 1 saturated heterocycles. The topological polar surface area (TPSA) is 41.9 Å². The number of hydrogen-bond donors (Lipinski definition) is 0. The third kappa shape index (κ3) is 1.40. The number of hydrazone groups is 1. The molecule has 106 valence electrons. The van der Waals surface area contributed by atoms with Crippen molar-refractivity contribution in [2.45, 2.75) is 71.4 Å². The second kappa shape index (κ2) is 3.97. The molecule has 0 aromatic rings. The second-order valence-electron chi connectivity index (χ2n) is 6.67. The number of ether oxygens (including phenoxy) is 1. The Morgan fingerprint density at radius 2 is 2.11 bits per heavy atom. The van der Waals surface area contributed by atoms with Crippen molar-refractivity contribution in [2.75, 3.05) is 0 Å². The van der Waals surface area contributed by atoms with E-state index in [1.54, 1.807) is 5.01 Å². The van der Waals surface area contributed by atoms with Gasteiger partial charge in [-0.1, -0.05) is 27.7 Å². The highest BCUT2D eigenvalue weighted by molar-refractivity contribution is 5.85. The summed E-state index contributed by atoms with van der Waals surface area (Å²) in [4.78, 5) is 12.2. The molecule has 4 nitrogen and oxygen atoms in total. The van der Waals surface area contributed by atoms with Crippen LogP contribution in [0.2, 0.25) is 0 Å². The van der Waals surface area contributed by atoms with Crippen molar-refractivity contribution in [3.8, 4) is 0 Å². The van der Waals surface area contributed by atoms with Crippen molar-refractivity contribution in [1.82, 2.24) is 5.01 Å². The molecule has 0 unspecified atom stereocenters. The maximum atomic E-state index is 12.2. The monoisotopic (exact) mass is 264 g/mol. The van der Waals surface area contributed by atoms with E-state index in [1.807, 2.05) is 0 Å². The first kappa shape index (κ1) is 12.9. The summed E-state index contributed by atoms with van der Waals surface area (Å²) in [5, 5.41) is 6.39. The van der Waals surface area contributed by atoms with Crippen LogP contribution in [0, 0.1) is 11.3 Å². The van der Waals surface area contributed by atoms with Crippen molar-refractivity contribution in [1.29, 1.82) is 0 Å². The molecule has 3 atom stereocenters. The van der Waals surface area contributed by atoms with Crippen LogP contribution in [0.1, 0.15) is 59.8 Å². The summed E-state index contributed by atoms with van der Waals surface area (Å²) in [6, 6.07) is 0. The fourth-order valence-corrected chi connectivity index (χ4v) is 4.53. The van der Waals surface area contributed by atoms with Gasteiger partial charge in [0.05, 0.1) is 0 Å². The van der Waals surface area contributed by atoms with Gasteiger partial charge in [0.25, 0.3) is 0 Å². The van der Waals surface area contributed by atoms with Gasteiger partial charge in [-0.2, -0.15) is 10.1 Å². The van der Waals surface area contributed by atoms with Gasteiger partial charge in [-0.25, -0.2) is 4.79 Å². The molecule has 19 heavy (non-hydrogen) atoms. The van der Waals surface area contributed by atoms with E-state index in [9.17, 15) is 4.79 Å². The van der Waals surface area contributed by atoms with Gasteiger partial charge in [0, 0.05) is 5.71 Å². The van der Waals surface area contributed by atoms with Crippen LogP contribution in [0.3, 0.4) is 0 Å². The maximum absolute atomic E-state index is 12.2. The lowest BCUT2D eigenvalue weighted by Gasteiger charge is -2.39. The molecule has 3 rings (SSSR count). The Balaban J connectivity index is 2.04. The van der Waals surface area contributed by atoms with Crippen molar-refractivity contribution in [2.24, 2.45) is 16.4 Å². The van der Waals surface area contributed by atoms with Crippen LogP contribution in [-0.4, -0.2) is 28.5 Å². The minimum absolute atomic E-state index is 0.0486. The first-order chi connectivity index (χ1) is 8.97. The smallest absolute Gasteiger partial charge is 0.431 e. The number of rotatable bonds is 3. The minimum atomic E-state index is -0.238. The fourth-order valence-electron chi connectivity index (χ4n) is 4.53. The van der Waals surface area contributed by atoms with Gasteiger partial charge < -0.3 is 4.74 Å². The molecule has 2 bridgehead atoms. The largest absolute Gasteiger partial charge is 0.442 e. The molecular weight excluding hydrogens is 240 g/mol. The molecule has 1 amide bonds. The Bertz CT molecular complexity index is 437. The van der Waals surface area contributed by atoms with Crippen LogP contribution in [0.5, 0.6) is 0 Å². The van der Waals surface area contributed by atoms with Gasteiger partial charge in [0.1, 0.15) is 11.6 Å². The predicted molar refractivity (Wildman–Crippen MR) is 74.0 cm³/mol. The van der Waals surface area contributed by atoms with E-state index in [-0.39, 0.29) is 23.2 Å². The number of hydrogen-bond acceptors (Lipinski definition) is 3. The zero-order valence-electron chi connectivity index (χ0n) is 12.4. The highest BCUT2D eigenvalue weighted by Crippen LogP contribution is 2.65. The standard InChI is InChI=1S/C15H24N2O2/c1-5-11(6-2)16-17-13(18)19-12-9-10-7-8-15(12,17)14(10,3)4/h10,12H,5-9H2,1-4H3/t10-,12-,15-/m1/s1. The van der Waals surface area contributed by atoms with Gasteiger partial charge in [0.15, 0.2) is 0 Å². The van der Waals surface area contributed by atoms with Crippen molar-refractivity contribution < 1.29 is 9.53 Å². The molecule has 1 aliphatic heterocycles. The lowest BCUT2D eigenvalue weighted by molar-refractivity contribution is 0.0568. The molecule has 2 aliphatic carbocycles. The van der Waals surface area contributed by atoms with Gasteiger partial charge >= 0.3 is 6.09 Å². The van der Waals surface area contributed by atoms with E-state index in [1.165, 1.54) is 6.42 Å². The fraction of sp³-hybridized carbons (Fsp3) is 0.867. The van der Waals surface area contributed by atoms with Crippen LogP contribution in [-0.2, 0) is 4.74 Å². The molecule has 0 N–H and O–H groups in total.